The molecular weight excluding hydrogens is 195 g/mol. The van der Waals surface area contributed by atoms with Crippen molar-refractivity contribution in [2.24, 2.45) is 0 Å². The highest BCUT2D eigenvalue weighted by atomic mass is 31.2. The number of aliphatic hydroxyl groups is 2. The topological polar surface area (TPSA) is 76.0 Å². The lowest BCUT2D eigenvalue weighted by Gasteiger charge is -2.23. The van der Waals surface area contributed by atoms with E-state index in [0.717, 1.165) is 0 Å². The summed E-state index contributed by atoms with van der Waals surface area (Å²) in [5.74, 6) is -1.48. The fourth-order valence-electron chi connectivity index (χ4n) is 0.814. The van der Waals surface area contributed by atoms with Crippen LogP contribution in [0.1, 0.15) is 20.8 Å². The van der Waals surface area contributed by atoms with Crippen molar-refractivity contribution in [2.45, 2.75) is 32.7 Å². The van der Waals surface area contributed by atoms with Crippen LogP contribution in [0.15, 0.2) is 0 Å². The van der Waals surface area contributed by atoms with Crippen molar-refractivity contribution in [3.05, 3.63) is 0 Å². The maximum Gasteiger partial charge on any atom is 0.361 e. The van der Waals surface area contributed by atoms with Gasteiger partial charge >= 0.3 is 7.60 Å². The van der Waals surface area contributed by atoms with Gasteiger partial charge in [-0.3, -0.25) is 4.57 Å². The molecule has 0 aromatic carbocycles. The summed E-state index contributed by atoms with van der Waals surface area (Å²) in [5.41, 5.74) is 0. The van der Waals surface area contributed by atoms with Gasteiger partial charge in [-0.05, 0) is 20.8 Å². The third-order valence-electron chi connectivity index (χ3n) is 1.37. The molecule has 0 aliphatic carbocycles. The van der Waals surface area contributed by atoms with Crippen molar-refractivity contribution < 1.29 is 23.8 Å². The van der Waals surface area contributed by atoms with Crippen LogP contribution in [0, 0.1) is 0 Å². The van der Waals surface area contributed by atoms with Gasteiger partial charge in [0.2, 0.25) is 0 Å². The molecule has 0 aromatic rings. The fraction of sp³-hybridized carbons (Fsp3) is 1.00. The van der Waals surface area contributed by atoms with Crippen LogP contribution in [0.3, 0.4) is 0 Å². The first kappa shape index (κ1) is 13.1. The summed E-state index contributed by atoms with van der Waals surface area (Å²) >= 11 is 0. The summed E-state index contributed by atoms with van der Waals surface area (Å²) in [6.45, 7) is 4.94. The minimum atomic E-state index is -3.56. The maximum atomic E-state index is 11.7. The van der Waals surface area contributed by atoms with Crippen LogP contribution in [-0.2, 0) is 13.6 Å². The molecule has 0 fully saturated rings. The van der Waals surface area contributed by atoms with Crippen LogP contribution < -0.4 is 0 Å². The highest BCUT2D eigenvalue weighted by molar-refractivity contribution is 7.54. The van der Waals surface area contributed by atoms with Crippen LogP contribution in [0.2, 0.25) is 0 Å². The first-order valence-electron chi connectivity index (χ1n) is 4.22. The van der Waals surface area contributed by atoms with Crippen molar-refractivity contribution in [3.63, 3.8) is 0 Å². The molecule has 6 heteroatoms. The molecule has 0 aliphatic heterocycles. The summed E-state index contributed by atoms with van der Waals surface area (Å²) in [4.78, 5) is 0. The molecule has 0 spiro atoms. The van der Waals surface area contributed by atoms with Gasteiger partial charge in [-0.1, -0.05) is 0 Å². The summed E-state index contributed by atoms with van der Waals surface area (Å²) in [6.07, 6.45) is -1.14. The van der Waals surface area contributed by atoms with E-state index in [1.807, 2.05) is 0 Å². The molecule has 13 heavy (non-hydrogen) atoms. The Bertz CT molecular complexity index is 172. The molecule has 5 nitrogen and oxygen atoms in total. The molecule has 0 rings (SSSR count). The molecule has 2 unspecified atom stereocenters. The summed E-state index contributed by atoms with van der Waals surface area (Å²) in [6, 6.07) is 0. The molecule has 0 heterocycles. The predicted octanol–water partition coefficient (Wildman–Crippen LogP) is 0.952. The molecule has 0 bridgehead atoms. The molecule has 80 valence electrons. The summed E-state index contributed by atoms with van der Waals surface area (Å²) in [7, 11) is -3.56. The molecule has 0 aromatic heterocycles. The molecule has 2 N–H and O–H groups in total. The summed E-state index contributed by atoms with van der Waals surface area (Å²) < 4.78 is 21.3. The van der Waals surface area contributed by atoms with E-state index < -0.39 is 19.5 Å². The molecule has 0 aliphatic rings. The van der Waals surface area contributed by atoms with Gasteiger partial charge in [0, 0.05) is 0 Å². The second-order valence-electron chi connectivity index (χ2n) is 2.53. The van der Waals surface area contributed by atoms with Gasteiger partial charge in [-0.25, -0.2) is 0 Å². The second kappa shape index (κ2) is 5.73. The number of hydrogen-bond donors (Lipinski definition) is 2. The Kier molecular flexibility index (Phi) is 5.76. The van der Waals surface area contributed by atoms with E-state index >= 15 is 0 Å². The highest BCUT2D eigenvalue weighted by Crippen LogP contribution is 2.52. The van der Waals surface area contributed by atoms with E-state index in [4.69, 9.17) is 14.2 Å². The minimum Gasteiger partial charge on any atom is -0.390 e. The normalized spacial score (nSPS) is 17.0. The first-order chi connectivity index (χ1) is 5.98. The molecule has 0 radical (unpaired) electrons. The lowest BCUT2D eigenvalue weighted by atomic mass is 10.4. The number of aliphatic hydroxyl groups excluding tert-OH is 2. The smallest absolute Gasteiger partial charge is 0.361 e. The zero-order chi connectivity index (χ0) is 10.5. The van der Waals surface area contributed by atoms with Crippen molar-refractivity contribution >= 4 is 7.60 Å². The van der Waals surface area contributed by atoms with E-state index in [1.54, 1.807) is 13.8 Å². The summed E-state index contributed by atoms with van der Waals surface area (Å²) in [5, 5.41) is 18.4. The quantitative estimate of drug-likeness (QED) is 0.641. The average Bonchev–Trinajstić information content (AvgIpc) is 2.03. The highest BCUT2D eigenvalue weighted by Gasteiger charge is 2.37. The van der Waals surface area contributed by atoms with Crippen LogP contribution in [-0.4, -0.2) is 35.4 Å². The van der Waals surface area contributed by atoms with Crippen molar-refractivity contribution in [3.8, 4) is 0 Å². The standard InChI is InChI=1S/C7H17O5P/c1-4-11-13(10,12-5-2)7(9)6(3)8/h6-9H,4-5H2,1-3H3. The Balaban J connectivity index is 4.47. The number of rotatable bonds is 6. The molecule has 0 saturated heterocycles. The van der Waals surface area contributed by atoms with Gasteiger partial charge in [0.15, 0.2) is 5.85 Å². The predicted molar refractivity (Wildman–Crippen MR) is 48.5 cm³/mol. The van der Waals surface area contributed by atoms with Crippen LogP contribution in [0.5, 0.6) is 0 Å². The Hall–Kier alpha value is 0.0700. The van der Waals surface area contributed by atoms with Crippen molar-refractivity contribution in [2.75, 3.05) is 13.2 Å². The number of hydrogen-bond acceptors (Lipinski definition) is 5. The Morgan fingerprint density at radius 3 is 1.85 bits per heavy atom. The lowest BCUT2D eigenvalue weighted by Crippen LogP contribution is -2.24. The second-order valence-corrected chi connectivity index (χ2v) is 4.65. The van der Waals surface area contributed by atoms with Gasteiger partial charge in [0.1, 0.15) is 0 Å². The Morgan fingerprint density at radius 1 is 1.23 bits per heavy atom. The van der Waals surface area contributed by atoms with Gasteiger partial charge < -0.3 is 19.3 Å². The monoisotopic (exact) mass is 212 g/mol. The third kappa shape index (κ3) is 3.75. The Morgan fingerprint density at radius 2 is 1.62 bits per heavy atom. The third-order valence-corrected chi connectivity index (χ3v) is 3.69. The Labute approximate surface area is 78.2 Å². The molecule has 0 amide bonds. The van der Waals surface area contributed by atoms with E-state index in [1.165, 1.54) is 6.92 Å². The van der Waals surface area contributed by atoms with Crippen LogP contribution >= 0.6 is 7.60 Å². The van der Waals surface area contributed by atoms with Crippen LogP contribution in [0.4, 0.5) is 0 Å². The first-order valence-corrected chi connectivity index (χ1v) is 5.84. The van der Waals surface area contributed by atoms with E-state index in [9.17, 15) is 9.67 Å². The maximum absolute atomic E-state index is 11.7. The SMILES string of the molecule is CCOP(=O)(OCC)C(O)C(C)O. The van der Waals surface area contributed by atoms with E-state index in [2.05, 4.69) is 0 Å². The van der Waals surface area contributed by atoms with Crippen molar-refractivity contribution in [1.29, 1.82) is 0 Å². The largest absolute Gasteiger partial charge is 0.390 e. The fourth-order valence-corrected chi connectivity index (χ4v) is 2.44. The van der Waals surface area contributed by atoms with Crippen LogP contribution in [0.25, 0.3) is 0 Å². The lowest BCUT2D eigenvalue weighted by molar-refractivity contribution is 0.0516. The molecule has 2 atom stereocenters. The molecule has 0 saturated carbocycles. The zero-order valence-corrected chi connectivity index (χ0v) is 9.03. The molecular formula is C7H17O5P. The van der Waals surface area contributed by atoms with E-state index in [-0.39, 0.29) is 13.2 Å². The van der Waals surface area contributed by atoms with Gasteiger partial charge in [-0.15, -0.1) is 0 Å². The van der Waals surface area contributed by atoms with Gasteiger partial charge in [0.25, 0.3) is 0 Å². The van der Waals surface area contributed by atoms with Gasteiger partial charge in [0.05, 0.1) is 19.3 Å². The van der Waals surface area contributed by atoms with Gasteiger partial charge in [-0.2, -0.15) is 0 Å². The van der Waals surface area contributed by atoms with Crippen molar-refractivity contribution in [1.82, 2.24) is 0 Å². The van der Waals surface area contributed by atoms with E-state index in [0.29, 0.717) is 0 Å². The minimum absolute atomic E-state index is 0.168. The zero-order valence-electron chi connectivity index (χ0n) is 8.14. The average molecular weight is 212 g/mol.